The summed E-state index contributed by atoms with van der Waals surface area (Å²) in [6.07, 6.45) is 0. The Balaban J connectivity index is 2.87. The summed E-state index contributed by atoms with van der Waals surface area (Å²) < 4.78 is 0. The van der Waals surface area contributed by atoms with Crippen LogP contribution in [0.15, 0.2) is 0 Å². The quantitative estimate of drug-likeness (QED) is 0.378. The van der Waals surface area contributed by atoms with Gasteiger partial charge in [-0.1, -0.05) is 0 Å². The van der Waals surface area contributed by atoms with Gasteiger partial charge in [0.15, 0.2) is 5.78 Å². The molecule has 1 rings (SSSR count). The van der Waals surface area contributed by atoms with Crippen LogP contribution in [0.25, 0.3) is 0 Å². The minimum atomic E-state index is -0.678. The highest BCUT2D eigenvalue weighted by atomic mass is 16.2. The molecule has 1 aliphatic heterocycles. The molecule has 1 aliphatic rings. The van der Waals surface area contributed by atoms with E-state index in [4.69, 9.17) is 0 Å². The molecule has 60 valence electrons. The van der Waals surface area contributed by atoms with E-state index in [1.54, 1.807) is 0 Å². The summed E-state index contributed by atoms with van der Waals surface area (Å²) in [5.74, 6) is -2.62. The van der Waals surface area contributed by atoms with Crippen molar-refractivity contribution in [3.05, 3.63) is 0 Å². The van der Waals surface area contributed by atoms with E-state index in [9.17, 15) is 14.4 Å². The fourth-order valence-corrected chi connectivity index (χ4v) is 0.971. The van der Waals surface area contributed by atoms with E-state index in [-0.39, 0.29) is 5.78 Å². The van der Waals surface area contributed by atoms with Gasteiger partial charge in [-0.05, 0) is 13.8 Å². The molecule has 1 heterocycles. The van der Waals surface area contributed by atoms with E-state index in [2.05, 4.69) is 5.32 Å². The molecule has 0 spiro atoms. The Morgan fingerprint density at radius 3 is 1.73 bits per heavy atom. The number of rotatable bonds is 0. The van der Waals surface area contributed by atoms with Crippen LogP contribution in [-0.4, -0.2) is 17.6 Å². The van der Waals surface area contributed by atoms with Crippen molar-refractivity contribution in [3.8, 4) is 0 Å². The van der Waals surface area contributed by atoms with E-state index < -0.39 is 23.7 Å². The maximum atomic E-state index is 11.1. The van der Waals surface area contributed by atoms with Crippen LogP contribution in [0.3, 0.4) is 0 Å². The zero-order valence-electron chi connectivity index (χ0n) is 6.38. The van der Waals surface area contributed by atoms with Gasteiger partial charge in [0.05, 0.1) is 11.8 Å². The highest BCUT2D eigenvalue weighted by molar-refractivity contribution is 6.19. The standard InChI is InChI=1S/C7H9NO3/c1-3-5(9)4(2)7(11)8-6(3)10/h3-4H,1-2H3,(H,8,10,11). The molecular weight excluding hydrogens is 146 g/mol. The molecular formula is C7H9NO3. The van der Waals surface area contributed by atoms with Gasteiger partial charge in [0.1, 0.15) is 0 Å². The first-order valence-electron chi connectivity index (χ1n) is 3.42. The number of hydrogen-bond donors (Lipinski definition) is 1. The van der Waals surface area contributed by atoms with Crippen molar-refractivity contribution in [1.82, 2.24) is 5.32 Å². The van der Waals surface area contributed by atoms with Crippen molar-refractivity contribution in [2.45, 2.75) is 13.8 Å². The normalized spacial score (nSPS) is 32.0. The first-order valence-corrected chi connectivity index (χ1v) is 3.42. The highest BCUT2D eigenvalue weighted by Crippen LogP contribution is 2.12. The Bertz CT molecular complexity index is 212. The Labute approximate surface area is 64.0 Å². The number of amides is 2. The molecule has 0 radical (unpaired) electrons. The van der Waals surface area contributed by atoms with Gasteiger partial charge < -0.3 is 0 Å². The maximum absolute atomic E-state index is 11.1. The predicted molar refractivity (Wildman–Crippen MR) is 36.5 cm³/mol. The third kappa shape index (κ3) is 1.15. The van der Waals surface area contributed by atoms with E-state index >= 15 is 0 Å². The first-order chi connectivity index (χ1) is 5.04. The fourth-order valence-electron chi connectivity index (χ4n) is 0.971. The second-order valence-corrected chi connectivity index (χ2v) is 2.70. The molecule has 2 atom stereocenters. The van der Waals surface area contributed by atoms with Crippen LogP contribution in [0.4, 0.5) is 0 Å². The Hall–Kier alpha value is -1.19. The van der Waals surface area contributed by atoms with Crippen molar-refractivity contribution >= 4 is 17.6 Å². The van der Waals surface area contributed by atoms with Gasteiger partial charge in [0.25, 0.3) is 0 Å². The number of Topliss-reactive ketones (excluding diaryl/α,β-unsaturated/α-hetero) is 1. The molecule has 1 saturated heterocycles. The summed E-state index contributed by atoms with van der Waals surface area (Å²) >= 11 is 0. The molecule has 0 bridgehead atoms. The van der Waals surface area contributed by atoms with Gasteiger partial charge in [-0.15, -0.1) is 0 Å². The topological polar surface area (TPSA) is 63.2 Å². The molecule has 0 aliphatic carbocycles. The summed E-state index contributed by atoms with van der Waals surface area (Å²) in [6.45, 7) is 3.00. The Morgan fingerprint density at radius 2 is 1.36 bits per heavy atom. The van der Waals surface area contributed by atoms with Crippen molar-refractivity contribution in [1.29, 1.82) is 0 Å². The third-order valence-electron chi connectivity index (χ3n) is 1.89. The summed E-state index contributed by atoms with van der Waals surface area (Å²) in [5, 5.41) is 2.11. The lowest BCUT2D eigenvalue weighted by Crippen LogP contribution is -2.50. The zero-order valence-corrected chi connectivity index (χ0v) is 6.38. The fraction of sp³-hybridized carbons (Fsp3) is 0.571. The average molecular weight is 155 g/mol. The maximum Gasteiger partial charge on any atom is 0.236 e. The van der Waals surface area contributed by atoms with Crippen LogP contribution in [0, 0.1) is 11.8 Å². The van der Waals surface area contributed by atoms with E-state index in [1.807, 2.05) is 0 Å². The van der Waals surface area contributed by atoms with E-state index in [0.29, 0.717) is 0 Å². The second kappa shape index (κ2) is 2.45. The zero-order chi connectivity index (χ0) is 8.59. The second-order valence-electron chi connectivity index (χ2n) is 2.70. The van der Waals surface area contributed by atoms with Crippen LogP contribution < -0.4 is 5.32 Å². The van der Waals surface area contributed by atoms with Crippen LogP contribution in [0.1, 0.15) is 13.8 Å². The van der Waals surface area contributed by atoms with Gasteiger partial charge >= 0.3 is 0 Å². The minimum Gasteiger partial charge on any atom is -0.298 e. The summed E-state index contributed by atoms with van der Waals surface area (Å²) in [7, 11) is 0. The molecule has 4 heteroatoms. The van der Waals surface area contributed by atoms with Gasteiger partial charge in [-0.2, -0.15) is 0 Å². The summed E-state index contributed by atoms with van der Waals surface area (Å²) in [6, 6.07) is 0. The number of carbonyl (C=O) groups is 3. The number of piperidine rings is 1. The van der Waals surface area contributed by atoms with Crippen molar-refractivity contribution in [2.24, 2.45) is 11.8 Å². The largest absolute Gasteiger partial charge is 0.298 e. The lowest BCUT2D eigenvalue weighted by Gasteiger charge is -2.20. The summed E-state index contributed by atoms with van der Waals surface area (Å²) in [4.78, 5) is 32.7. The van der Waals surface area contributed by atoms with Gasteiger partial charge in [-0.3, -0.25) is 19.7 Å². The van der Waals surface area contributed by atoms with Crippen LogP contribution in [0.2, 0.25) is 0 Å². The number of hydrogen-bond acceptors (Lipinski definition) is 3. The molecule has 4 nitrogen and oxygen atoms in total. The lowest BCUT2D eigenvalue weighted by molar-refractivity contribution is -0.146. The smallest absolute Gasteiger partial charge is 0.236 e. The first kappa shape index (κ1) is 7.91. The predicted octanol–water partition coefficient (Wildman–Crippen LogP) is -0.516. The Kier molecular flexibility index (Phi) is 1.76. The van der Waals surface area contributed by atoms with E-state index in [1.165, 1.54) is 13.8 Å². The third-order valence-corrected chi connectivity index (χ3v) is 1.89. The van der Waals surface area contributed by atoms with Gasteiger partial charge in [-0.25, -0.2) is 0 Å². The minimum absolute atomic E-state index is 0.293. The van der Waals surface area contributed by atoms with Crippen molar-refractivity contribution < 1.29 is 14.4 Å². The number of carbonyl (C=O) groups excluding carboxylic acids is 3. The Morgan fingerprint density at radius 1 is 1.00 bits per heavy atom. The molecule has 0 aromatic heterocycles. The molecule has 0 saturated carbocycles. The highest BCUT2D eigenvalue weighted by Gasteiger charge is 2.36. The molecule has 2 amide bonds. The van der Waals surface area contributed by atoms with E-state index in [0.717, 1.165) is 0 Å². The molecule has 0 aromatic carbocycles. The van der Waals surface area contributed by atoms with Crippen molar-refractivity contribution in [2.75, 3.05) is 0 Å². The number of nitrogens with one attached hydrogen (secondary N) is 1. The van der Waals surface area contributed by atoms with Gasteiger partial charge in [0, 0.05) is 0 Å². The molecule has 11 heavy (non-hydrogen) atoms. The lowest BCUT2D eigenvalue weighted by atomic mass is 9.90. The van der Waals surface area contributed by atoms with Gasteiger partial charge in [0.2, 0.25) is 11.8 Å². The molecule has 1 fully saturated rings. The summed E-state index contributed by atoms with van der Waals surface area (Å²) in [5.41, 5.74) is 0. The molecule has 1 N–H and O–H groups in total. The molecule has 0 aromatic rings. The average Bonchev–Trinajstić information content (AvgIpc) is 1.97. The number of imide groups is 1. The molecule has 2 unspecified atom stereocenters. The van der Waals surface area contributed by atoms with Crippen molar-refractivity contribution in [3.63, 3.8) is 0 Å². The number of ketones is 1. The monoisotopic (exact) mass is 155 g/mol. The van der Waals surface area contributed by atoms with Crippen LogP contribution in [0.5, 0.6) is 0 Å². The van der Waals surface area contributed by atoms with Crippen LogP contribution in [-0.2, 0) is 14.4 Å². The van der Waals surface area contributed by atoms with Crippen LogP contribution >= 0.6 is 0 Å². The SMILES string of the molecule is CC1C(=O)NC(=O)C(C)C1=O.